The van der Waals surface area contributed by atoms with Crippen LogP contribution in [0.5, 0.6) is 0 Å². The number of nitrogens with one attached hydrogen (secondary N) is 1. The van der Waals surface area contributed by atoms with Gasteiger partial charge in [0, 0.05) is 18.2 Å². The van der Waals surface area contributed by atoms with Crippen LogP contribution in [0.4, 0.5) is 5.69 Å². The first-order chi connectivity index (χ1) is 12.6. The summed E-state index contributed by atoms with van der Waals surface area (Å²) in [5, 5.41) is 8.46. The molecule has 0 aliphatic rings. The quantitative estimate of drug-likeness (QED) is 0.646. The number of halogens is 1. The summed E-state index contributed by atoms with van der Waals surface area (Å²) in [5.41, 5.74) is 1.05. The first-order valence-corrected chi connectivity index (χ1v) is 10.4. The third-order valence-corrected chi connectivity index (χ3v) is 5.70. The van der Waals surface area contributed by atoms with Gasteiger partial charge in [0.15, 0.2) is 0 Å². The van der Waals surface area contributed by atoms with Crippen LogP contribution in [0.2, 0.25) is 5.02 Å². The van der Waals surface area contributed by atoms with E-state index in [2.05, 4.69) is 22.3 Å². The molecule has 3 rings (SSSR count). The molecule has 0 radical (unpaired) electrons. The number of hydrogen-bond acceptors (Lipinski definition) is 6. The lowest BCUT2D eigenvalue weighted by Crippen LogP contribution is -2.16. The zero-order chi connectivity index (χ0) is 18.5. The smallest absolute Gasteiger partial charge is 0.275 e. The van der Waals surface area contributed by atoms with E-state index in [0.717, 1.165) is 17.8 Å². The van der Waals surface area contributed by atoms with Gasteiger partial charge in [0.2, 0.25) is 10.9 Å². The van der Waals surface area contributed by atoms with E-state index in [0.29, 0.717) is 27.1 Å². The summed E-state index contributed by atoms with van der Waals surface area (Å²) in [5.74, 6) is 0.572. The van der Waals surface area contributed by atoms with Crippen molar-refractivity contribution < 1.29 is 4.79 Å². The van der Waals surface area contributed by atoms with Crippen LogP contribution in [0.3, 0.4) is 0 Å². The molecule has 0 fully saturated rings. The standard InChI is InChI=1S/C17H17ClN4O2S2/c1-2-5-15-21-22-16(24)8-11(19-17(22)26-15)9-25-10-14(23)20-13-7-4-3-6-12(13)18/h3-4,6-8H,2,5,9-10H2,1H3,(H,20,23). The maximum atomic E-state index is 12.2. The lowest BCUT2D eigenvalue weighted by molar-refractivity contribution is -0.113. The largest absolute Gasteiger partial charge is 0.324 e. The monoisotopic (exact) mass is 408 g/mol. The molecule has 1 N–H and O–H groups in total. The summed E-state index contributed by atoms with van der Waals surface area (Å²) in [6.45, 7) is 2.07. The number of anilines is 1. The number of nitrogens with zero attached hydrogens (tertiary/aromatic N) is 3. The van der Waals surface area contributed by atoms with Gasteiger partial charge in [-0.3, -0.25) is 9.59 Å². The Hall–Kier alpha value is -1.90. The SMILES string of the molecule is CCCc1nn2c(=O)cc(CSCC(=O)Nc3ccccc3Cl)nc2s1. The van der Waals surface area contributed by atoms with Crippen molar-refractivity contribution in [2.75, 3.05) is 11.1 Å². The molecule has 0 unspecified atom stereocenters. The molecular weight excluding hydrogens is 392 g/mol. The van der Waals surface area contributed by atoms with Crippen LogP contribution in [-0.4, -0.2) is 26.3 Å². The van der Waals surface area contributed by atoms with E-state index in [-0.39, 0.29) is 17.2 Å². The summed E-state index contributed by atoms with van der Waals surface area (Å²) in [6, 6.07) is 8.56. The molecule has 1 amide bonds. The molecule has 0 atom stereocenters. The van der Waals surface area contributed by atoms with Crippen LogP contribution in [0.15, 0.2) is 35.1 Å². The highest BCUT2D eigenvalue weighted by atomic mass is 35.5. The number of aromatic nitrogens is 3. The molecule has 9 heteroatoms. The lowest BCUT2D eigenvalue weighted by Gasteiger charge is -2.06. The molecule has 0 saturated heterocycles. The van der Waals surface area contributed by atoms with Crippen LogP contribution in [0.1, 0.15) is 24.0 Å². The minimum absolute atomic E-state index is 0.149. The predicted molar refractivity (Wildman–Crippen MR) is 107 cm³/mol. The Bertz CT molecular complexity index is 986. The van der Waals surface area contributed by atoms with E-state index in [1.807, 2.05) is 6.07 Å². The highest BCUT2D eigenvalue weighted by Gasteiger charge is 2.10. The fourth-order valence-electron chi connectivity index (χ4n) is 2.28. The molecule has 3 aromatic rings. The molecule has 26 heavy (non-hydrogen) atoms. The number of thioether (sulfide) groups is 1. The Morgan fingerprint density at radius 3 is 2.96 bits per heavy atom. The van der Waals surface area contributed by atoms with Gasteiger partial charge >= 0.3 is 0 Å². The van der Waals surface area contributed by atoms with Crippen molar-refractivity contribution in [2.24, 2.45) is 0 Å². The molecule has 6 nitrogen and oxygen atoms in total. The number of hydrogen-bond donors (Lipinski definition) is 1. The first kappa shape index (κ1) is 18.9. The van der Waals surface area contributed by atoms with Crippen molar-refractivity contribution in [3.8, 4) is 0 Å². The summed E-state index contributed by atoms with van der Waals surface area (Å²) in [7, 11) is 0. The number of para-hydroxylation sites is 1. The molecule has 136 valence electrons. The van der Waals surface area contributed by atoms with Gasteiger partial charge in [-0.15, -0.1) is 11.8 Å². The molecule has 0 bridgehead atoms. The van der Waals surface area contributed by atoms with Gasteiger partial charge in [-0.25, -0.2) is 4.98 Å². The highest BCUT2D eigenvalue weighted by Crippen LogP contribution is 2.21. The molecule has 0 aliphatic heterocycles. The number of carbonyl (C=O) groups is 1. The van der Waals surface area contributed by atoms with Crippen molar-refractivity contribution in [2.45, 2.75) is 25.5 Å². The van der Waals surface area contributed by atoms with E-state index >= 15 is 0 Å². The molecule has 2 heterocycles. The van der Waals surface area contributed by atoms with Gasteiger partial charge in [-0.2, -0.15) is 9.61 Å². The van der Waals surface area contributed by atoms with Crippen molar-refractivity contribution in [1.29, 1.82) is 0 Å². The van der Waals surface area contributed by atoms with Crippen LogP contribution in [0, 0.1) is 0 Å². The van der Waals surface area contributed by atoms with E-state index < -0.39 is 0 Å². The fraction of sp³-hybridized carbons (Fsp3) is 0.294. The van der Waals surface area contributed by atoms with Crippen LogP contribution < -0.4 is 10.9 Å². The predicted octanol–water partition coefficient (Wildman–Crippen LogP) is 3.63. The van der Waals surface area contributed by atoms with Crippen molar-refractivity contribution in [1.82, 2.24) is 14.6 Å². The highest BCUT2D eigenvalue weighted by molar-refractivity contribution is 7.99. The second kappa shape index (κ2) is 8.66. The maximum absolute atomic E-state index is 12.2. The van der Waals surface area contributed by atoms with Gasteiger partial charge in [0.1, 0.15) is 5.01 Å². The summed E-state index contributed by atoms with van der Waals surface area (Å²) >= 11 is 8.85. The topological polar surface area (TPSA) is 76.4 Å². The Morgan fingerprint density at radius 2 is 2.19 bits per heavy atom. The number of carbonyl (C=O) groups excluding carboxylic acids is 1. The first-order valence-electron chi connectivity index (χ1n) is 8.07. The van der Waals surface area contributed by atoms with Gasteiger partial charge in [-0.05, 0) is 18.6 Å². The molecule has 0 aliphatic carbocycles. The zero-order valence-electron chi connectivity index (χ0n) is 14.1. The summed E-state index contributed by atoms with van der Waals surface area (Å²) in [6.07, 6.45) is 1.80. The Morgan fingerprint density at radius 1 is 1.38 bits per heavy atom. The maximum Gasteiger partial charge on any atom is 0.275 e. The summed E-state index contributed by atoms with van der Waals surface area (Å²) < 4.78 is 1.34. The fourth-order valence-corrected chi connectivity index (χ4v) is 4.20. The van der Waals surface area contributed by atoms with Gasteiger partial charge in [0.25, 0.3) is 5.56 Å². The number of rotatable bonds is 7. The molecule has 0 saturated carbocycles. The number of amides is 1. The Balaban J connectivity index is 1.60. The van der Waals surface area contributed by atoms with Crippen LogP contribution in [0.25, 0.3) is 4.96 Å². The lowest BCUT2D eigenvalue weighted by atomic mass is 10.3. The third kappa shape index (κ3) is 4.63. The van der Waals surface area contributed by atoms with Crippen molar-refractivity contribution >= 4 is 51.3 Å². The van der Waals surface area contributed by atoms with E-state index in [1.54, 1.807) is 18.2 Å². The van der Waals surface area contributed by atoms with Crippen molar-refractivity contribution in [3.05, 3.63) is 56.4 Å². The zero-order valence-corrected chi connectivity index (χ0v) is 16.5. The number of benzene rings is 1. The van der Waals surface area contributed by atoms with Gasteiger partial charge in [0.05, 0.1) is 22.2 Å². The molecule has 2 aromatic heterocycles. The van der Waals surface area contributed by atoms with E-state index in [9.17, 15) is 9.59 Å². The van der Waals surface area contributed by atoms with Gasteiger partial charge in [-0.1, -0.05) is 42.0 Å². The summed E-state index contributed by atoms with van der Waals surface area (Å²) in [4.78, 5) is 29.3. The van der Waals surface area contributed by atoms with E-state index in [4.69, 9.17) is 11.6 Å². The minimum atomic E-state index is -0.190. The van der Waals surface area contributed by atoms with Crippen LogP contribution in [-0.2, 0) is 17.0 Å². The second-order valence-corrected chi connectivity index (χ2v) is 7.98. The van der Waals surface area contributed by atoms with E-state index in [1.165, 1.54) is 33.7 Å². The molecule has 0 spiro atoms. The number of fused-ring (bicyclic) bond motifs is 1. The minimum Gasteiger partial charge on any atom is -0.324 e. The average molecular weight is 409 g/mol. The average Bonchev–Trinajstić information content (AvgIpc) is 3.00. The number of aryl methyl sites for hydroxylation is 1. The Labute approximate surface area is 163 Å². The second-order valence-electron chi connectivity index (χ2n) is 5.55. The molecule has 1 aromatic carbocycles. The third-order valence-electron chi connectivity index (χ3n) is 3.43. The normalized spacial score (nSPS) is 11.0. The van der Waals surface area contributed by atoms with Crippen LogP contribution >= 0.6 is 34.7 Å². The van der Waals surface area contributed by atoms with Gasteiger partial charge < -0.3 is 5.32 Å². The molecular formula is C17H17ClN4O2S2. The van der Waals surface area contributed by atoms with Crippen molar-refractivity contribution in [3.63, 3.8) is 0 Å². The Kier molecular flexibility index (Phi) is 6.29.